The summed E-state index contributed by atoms with van der Waals surface area (Å²) in [6.07, 6.45) is 1.60. The van der Waals surface area contributed by atoms with Gasteiger partial charge in [0.15, 0.2) is 0 Å². The fraction of sp³-hybridized carbons (Fsp3) is 0.500. The lowest BCUT2D eigenvalue weighted by atomic mass is 10.3. The second-order valence-electron chi connectivity index (χ2n) is 2.37. The van der Waals surface area contributed by atoms with Crippen molar-refractivity contribution < 1.29 is 9.52 Å². The summed E-state index contributed by atoms with van der Waals surface area (Å²) >= 11 is 1.74. The Hall–Kier alpha value is -0.450. The van der Waals surface area contributed by atoms with Gasteiger partial charge in [-0.25, -0.2) is 0 Å². The van der Waals surface area contributed by atoms with Crippen molar-refractivity contribution in [2.75, 3.05) is 12.3 Å². The number of thioether (sulfide) groups is 1. The van der Waals surface area contributed by atoms with E-state index >= 15 is 0 Å². The highest BCUT2D eigenvalue weighted by Crippen LogP contribution is 2.17. The van der Waals surface area contributed by atoms with E-state index in [2.05, 4.69) is 0 Å². The zero-order valence-electron chi connectivity index (χ0n) is 6.82. The first-order chi connectivity index (χ1) is 5.88. The second kappa shape index (κ2) is 5.24. The number of hydrogen-bond acceptors (Lipinski definition) is 4. The van der Waals surface area contributed by atoms with E-state index in [1.165, 1.54) is 0 Å². The molecule has 0 aliphatic carbocycles. The van der Waals surface area contributed by atoms with Gasteiger partial charge >= 0.3 is 0 Å². The van der Waals surface area contributed by atoms with Crippen molar-refractivity contribution in [3.05, 3.63) is 23.7 Å². The van der Waals surface area contributed by atoms with Crippen LogP contribution in [0.2, 0.25) is 0 Å². The van der Waals surface area contributed by atoms with E-state index in [-0.39, 0.29) is 6.61 Å². The predicted octanol–water partition coefficient (Wildman–Crippen LogP) is 0.964. The molecule has 68 valence electrons. The van der Waals surface area contributed by atoms with Crippen LogP contribution in [0.3, 0.4) is 0 Å². The topological polar surface area (TPSA) is 59.4 Å². The summed E-state index contributed by atoms with van der Waals surface area (Å²) in [6.45, 7) is 0.669. The minimum Gasteiger partial charge on any atom is -0.467 e. The summed E-state index contributed by atoms with van der Waals surface area (Å²) in [5.41, 5.74) is 6.41. The molecule has 1 rings (SSSR count). The van der Waals surface area contributed by atoms with Crippen LogP contribution in [0.15, 0.2) is 16.7 Å². The lowest BCUT2D eigenvalue weighted by molar-refractivity contribution is 0.246. The third kappa shape index (κ3) is 2.55. The van der Waals surface area contributed by atoms with Gasteiger partial charge in [-0.3, -0.25) is 0 Å². The monoisotopic (exact) mass is 187 g/mol. The fourth-order valence-corrected chi connectivity index (χ4v) is 1.69. The van der Waals surface area contributed by atoms with Crippen molar-refractivity contribution >= 4 is 11.8 Å². The maximum atomic E-state index is 8.84. The van der Waals surface area contributed by atoms with Crippen molar-refractivity contribution in [1.82, 2.24) is 0 Å². The first-order valence-electron chi connectivity index (χ1n) is 3.82. The molecule has 4 heteroatoms. The molecule has 0 saturated carbocycles. The number of aliphatic hydroxyl groups is 1. The van der Waals surface area contributed by atoms with Gasteiger partial charge in [0.2, 0.25) is 0 Å². The Morgan fingerprint density at radius 1 is 1.58 bits per heavy atom. The molecule has 3 nitrogen and oxygen atoms in total. The van der Waals surface area contributed by atoms with E-state index in [4.69, 9.17) is 15.3 Å². The second-order valence-corrected chi connectivity index (χ2v) is 3.47. The van der Waals surface area contributed by atoms with Crippen LogP contribution >= 0.6 is 11.8 Å². The van der Waals surface area contributed by atoms with Gasteiger partial charge < -0.3 is 15.3 Å². The van der Waals surface area contributed by atoms with Crippen molar-refractivity contribution in [2.24, 2.45) is 5.73 Å². The van der Waals surface area contributed by atoms with Crippen LogP contribution in [0, 0.1) is 0 Å². The minimum absolute atomic E-state index is 0.0223. The molecule has 0 spiro atoms. The summed E-state index contributed by atoms with van der Waals surface area (Å²) < 4.78 is 5.05. The summed E-state index contributed by atoms with van der Waals surface area (Å²) in [6, 6.07) is 1.88. The van der Waals surface area contributed by atoms with E-state index in [0.29, 0.717) is 12.3 Å². The van der Waals surface area contributed by atoms with E-state index < -0.39 is 0 Å². The van der Waals surface area contributed by atoms with Crippen LogP contribution < -0.4 is 5.73 Å². The number of furan rings is 1. The summed E-state index contributed by atoms with van der Waals surface area (Å²) in [5.74, 6) is 2.47. The fourth-order valence-electron chi connectivity index (χ4n) is 0.900. The zero-order valence-corrected chi connectivity index (χ0v) is 7.64. The molecule has 0 amide bonds. The van der Waals surface area contributed by atoms with E-state index in [1.54, 1.807) is 18.0 Å². The highest BCUT2D eigenvalue weighted by Gasteiger charge is 2.03. The van der Waals surface area contributed by atoms with E-state index in [0.717, 1.165) is 17.1 Å². The largest absolute Gasteiger partial charge is 0.467 e. The molecule has 0 bridgehead atoms. The highest BCUT2D eigenvalue weighted by atomic mass is 32.2. The third-order valence-corrected chi connectivity index (χ3v) is 2.54. The van der Waals surface area contributed by atoms with Gasteiger partial charge in [-0.2, -0.15) is 11.8 Å². The van der Waals surface area contributed by atoms with E-state index in [1.807, 2.05) is 6.07 Å². The molecule has 0 aliphatic rings. The third-order valence-electron chi connectivity index (χ3n) is 1.50. The van der Waals surface area contributed by atoms with Crippen molar-refractivity contribution in [1.29, 1.82) is 0 Å². The van der Waals surface area contributed by atoms with Gasteiger partial charge in [-0.05, 0) is 6.07 Å². The standard InChI is InChI=1S/C8H13NO2S/c9-2-4-12-6-7-1-3-11-8(7)5-10/h1,3,10H,2,4-6,9H2. The Morgan fingerprint density at radius 2 is 2.42 bits per heavy atom. The Morgan fingerprint density at radius 3 is 3.08 bits per heavy atom. The molecule has 0 aromatic carbocycles. The molecule has 1 aromatic heterocycles. The smallest absolute Gasteiger partial charge is 0.133 e. The number of aliphatic hydroxyl groups excluding tert-OH is 1. The molecule has 0 saturated heterocycles. The molecule has 0 aliphatic heterocycles. The van der Waals surface area contributed by atoms with Crippen LogP contribution in [0.1, 0.15) is 11.3 Å². The minimum atomic E-state index is -0.0223. The number of hydrogen-bond donors (Lipinski definition) is 2. The average Bonchev–Trinajstić information content (AvgIpc) is 2.52. The van der Waals surface area contributed by atoms with Gasteiger partial charge in [-0.15, -0.1) is 0 Å². The molecule has 1 aromatic rings. The zero-order chi connectivity index (χ0) is 8.81. The van der Waals surface area contributed by atoms with Gasteiger partial charge in [-0.1, -0.05) is 0 Å². The van der Waals surface area contributed by atoms with E-state index in [9.17, 15) is 0 Å². The van der Waals surface area contributed by atoms with Gasteiger partial charge in [0, 0.05) is 23.6 Å². The Labute approximate surface area is 75.9 Å². The molecule has 3 N–H and O–H groups in total. The average molecular weight is 187 g/mol. The number of rotatable bonds is 5. The quantitative estimate of drug-likeness (QED) is 0.674. The van der Waals surface area contributed by atoms with Gasteiger partial charge in [0.05, 0.1) is 6.26 Å². The number of nitrogens with two attached hydrogens (primary N) is 1. The lowest BCUT2D eigenvalue weighted by Gasteiger charge is -1.98. The SMILES string of the molecule is NCCSCc1ccoc1CO. The van der Waals surface area contributed by atoms with Crippen LogP contribution in [0.25, 0.3) is 0 Å². The van der Waals surface area contributed by atoms with Crippen molar-refractivity contribution in [2.45, 2.75) is 12.4 Å². The molecular formula is C8H13NO2S. The summed E-state index contributed by atoms with van der Waals surface area (Å²) in [4.78, 5) is 0. The highest BCUT2D eigenvalue weighted by molar-refractivity contribution is 7.98. The normalized spacial score (nSPS) is 10.5. The Bertz CT molecular complexity index is 225. The Kier molecular flexibility index (Phi) is 4.21. The molecular weight excluding hydrogens is 174 g/mol. The van der Waals surface area contributed by atoms with Gasteiger partial charge in [0.25, 0.3) is 0 Å². The maximum absolute atomic E-state index is 8.84. The molecule has 0 fully saturated rings. The van der Waals surface area contributed by atoms with Crippen LogP contribution in [-0.2, 0) is 12.4 Å². The van der Waals surface area contributed by atoms with Crippen LogP contribution in [-0.4, -0.2) is 17.4 Å². The molecule has 12 heavy (non-hydrogen) atoms. The summed E-state index contributed by atoms with van der Waals surface area (Å²) in [7, 11) is 0. The van der Waals surface area contributed by atoms with Crippen LogP contribution in [0.5, 0.6) is 0 Å². The maximum Gasteiger partial charge on any atom is 0.133 e. The first kappa shape index (κ1) is 9.64. The first-order valence-corrected chi connectivity index (χ1v) is 4.98. The lowest BCUT2D eigenvalue weighted by Crippen LogP contribution is -2.01. The molecule has 0 atom stereocenters. The van der Waals surface area contributed by atoms with Crippen molar-refractivity contribution in [3.63, 3.8) is 0 Å². The Balaban J connectivity index is 2.39. The van der Waals surface area contributed by atoms with Crippen LogP contribution in [0.4, 0.5) is 0 Å². The predicted molar refractivity (Wildman–Crippen MR) is 49.8 cm³/mol. The molecule has 1 heterocycles. The van der Waals surface area contributed by atoms with Gasteiger partial charge in [0.1, 0.15) is 12.4 Å². The van der Waals surface area contributed by atoms with Crippen molar-refractivity contribution in [3.8, 4) is 0 Å². The molecule has 0 radical (unpaired) electrons. The summed E-state index contributed by atoms with van der Waals surface area (Å²) in [5, 5.41) is 8.84. The molecule has 0 unspecified atom stereocenters.